The molecule has 2 aromatic rings. The van der Waals surface area contributed by atoms with Crippen LogP contribution >= 0.6 is 0 Å². The Labute approximate surface area is 112 Å². The van der Waals surface area contributed by atoms with E-state index in [2.05, 4.69) is 10.4 Å². The minimum absolute atomic E-state index is 0.0821. The molecule has 19 heavy (non-hydrogen) atoms. The van der Waals surface area contributed by atoms with Crippen LogP contribution in [0.3, 0.4) is 0 Å². The first kappa shape index (κ1) is 13.3. The van der Waals surface area contributed by atoms with Crippen molar-refractivity contribution < 1.29 is 4.79 Å². The van der Waals surface area contributed by atoms with Crippen LogP contribution in [0.5, 0.6) is 0 Å². The van der Waals surface area contributed by atoms with E-state index in [-0.39, 0.29) is 5.91 Å². The zero-order valence-corrected chi connectivity index (χ0v) is 11.2. The van der Waals surface area contributed by atoms with E-state index in [1.54, 1.807) is 0 Å². The molecule has 0 atom stereocenters. The quantitative estimate of drug-likeness (QED) is 0.878. The average Bonchev–Trinajstić information content (AvgIpc) is 2.68. The number of aryl methyl sites for hydroxylation is 1. The van der Waals surface area contributed by atoms with E-state index in [0.29, 0.717) is 13.0 Å². The van der Waals surface area contributed by atoms with Gasteiger partial charge in [0.2, 0.25) is 5.91 Å². The van der Waals surface area contributed by atoms with E-state index < -0.39 is 0 Å². The van der Waals surface area contributed by atoms with E-state index in [1.807, 2.05) is 48.9 Å². The van der Waals surface area contributed by atoms with Crippen LogP contribution in [0.15, 0.2) is 30.3 Å². The number of nitrogens with zero attached hydrogens (tertiary/aromatic N) is 2. The summed E-state index contributed by atoms with van der Waals surface area (Å²) in [4.78, 5) is 11.6. The Morgan fingerprint density at radius 2 is 2.00 bits per heavy atom. The van der Waals surface area contributed by atoms with Gasteiger partial charge in [-0.05, 0) is 26.0 Å². The van der Waals surface area contributed by atoms with Gasteiger partial charge >= 0.3 is 0 Å². The molecule has 0 spiro atoms. The second-order valence-electron chi connectivity index (χ2n) is 4.38. The fraction of sp³-hybridized carbons (Fsp3) is 0.286. The Balaban J connectivity index is 2.33. The number of hydrogen-bond acceptors (Lipinski definition) is 3. The second-order valence-corrected chi connectivity index (χ2v) is 4.38. The molecule has 0 saturated heterocycles. The number of para-hydroxylation sites is 1. The largest absolute Gasteiger partial charge is 0.330 e. The summed E-state index contributed by atoms with van der Waals surface area (Å²) in [5.74, 6) is -0.0821. The van der Waals surface area contributed by atoms with Crippen molar-refractivity contribution in [2.24, 2.45) is 5.73 Å². The highest BCUT2D eigenvalue weighted by atomic mass is 16.1. The number of amides is 1. The standard InChI is InChI=1S/C14H18N4O/c1-10-14(16-13(19)8-9-15)11(2)18(17-10)12-6-4-3-5-7-12/h3-7H,8-9,15H2,1-2H3,(H,16,19). The van der Waals surface area contributed by atoms with Crippen LogP contribution in [-0.4, -0.2) is 22.2 Å². The molecule has 3 N–H and O–H groups in total. The minimum atomic E-state index is -0.0821. The molecule has 2 rings (SSSR count). The van der Waals surface area contributed by atoms with Gasteiger partial charge in [0.05, 0.1) is 22.8 Å². The number of nitrogens with two attached hydrogens (primary N) is 1. The number of nitrogens with one attached hydrogen (secondary N) is 1. The lowest BCUT2D eigenvalue weighted by Crippen LogP contribution is -2.17. The van der Waals surface area contributed by atoms with Crippen LogP contribution in [-0.2, 0) is 4.79 Å². The summed E-state index contributed by atoms with van der Waals surface area (Å²) in [6.45, 7) is 4.16. The summed E-state index contributed by atoms with van der Waals surface area (Å²) in [7, 11) is 0. The average molecular weight is 258 g/mol. The third-order valence-electron chi connectivity index (χ3n) is 2.93. The fourth-order valence-electron chi connectivity index (χ4n) is 1.98. The van der Waals surface area contributed by atoms with Crippen LogP contribution in [0.2, 0.25) is 0 Å². The van der Waals surface area contributed by atoms with Crippen molar-refractivity contribution in [1.29, 1.82) is 0 Å². The smallest absolute Gasteiger partial charge is 0.225 e. The van der Waals surface area contributed by atoms with Crippen molar-refractivity contribution in [1.82, 2.24) is 9.78 Å². The lowest BCUT2D eigenvalue weighted by Gasteiger charge is -2.06. The van der Waals surface area contributed by atoms with Gasteiger partial charge in [0.25, 0.3) is 0 Å². The number of hydrogen-bond donors (Lipinski definition) is 2. The number of rotatable bonds is 4. The molecule has 1 aromatic heterocycles. The van der Waals surface area contributed by atoms with Crippen molar-refractivity contribution in [3.63, 3.8) is 0 Å². The van der Waals surface area contributed by atoms with Gasteiger partial charge in [0, 0.05) is 13.0 Å². The molecule has 0 aliphatic carbocycles. The molecule has 1 aromatic carbocycles. The minimum Gasteiger partial charge on any atom is -0.330 e. The van der Waals surface area contributed by atoms with Gasteiger partial charge in [-0.15, -0.1) is 0 Å². The van der Waals surface area contributed by atoms with E-state index in [4.69, 9.17) is 5.73 Å². The maximum absolute atomic E-state index is 11.6. The maximum atomic E-state index is 11.6. The zero-order chi connectivity index (χ0) is 13.8. The molecular weight excluding hydrogens is 240 g/mol. The van der Waals surface area contributed by atoms with E-state index in [9.17, 15) is 4.79 Å². The molecule has 5 nitrogen and oxygen atoms in total. The van der Waals surface area contributed by atoms with Gasteiger partial charge < -0.3 is 11.1 Å². The topological polar surface area (TPSA) is 72.9 Å². The van der Waals surface area contributed by atoms with Gasteiger partial charge in [0.15, 0.2) is 0 Å². The van der Waals surface area contributed by atoms with Crippen molar-refractivity contribution in [3.8, 4) is 5.69 Å². The molecule has 0 aliphatic rings. The third kappa shape index (κ3) is 2.82. The van der Waals surface area contributed by atoms with E-state index >= 15 is 0 Å². The number of benzene rings is 1. The molecule has 100 valence electrons. The fourth-order valence-corrected chi connectivity index (χ4v) is 1.98. The number of anilines is 1. The van der Waals surface area contributed by atoms with Crippen LogP contribution in [0.1, 0.15) is 17.8 Å². The monoisotopic (exact) mass is 258 g/mol. The molecule has 1 heterocycles. The van der Waals surface area contributed by atoms with Crippen molar-refractivity contribution >= 4 is 11.6 Å². The van der Waals surface area contributed by atoms with E-state index in [0.717, 1.165) is 22.8 Å². The highest BCUT2D eigenvalue weighted by Gasteiger charge is 2.14. The van der Waals surface area contributed by atoms with Crippen molar-refractivity contribution in [2.75, 3.05) is 11.9 Å². The predicted octanol–water partition coefficient (Wildman–Crippen LogP) is 1.78. The van der Waals surface area contributed by atoms with Crippen molar-refractivity contribution in [3.05, 3.63) is 41.7 Å². The summed E-state index contributed by atoms with van der Waals surface area (Å²) < 4.78 is 1.83. The Bertz CT molecular complexity index is 575. The molecule has 0 saturated carbocycles. The summed E-state index contributed by atoms with van der Waals surface area (Å²) in [5, 5.41) is 7.33. The van der Waals surface area contributed by atoms with Crippen LogP contribution < -0.4 is 11.1 Å². The molecule has 0 fully saturated rings. The van der Waals surface area contributed by atoms with Crippen LogP contribution in [0.4, 0.5) is 5.69 Å². The van der Waals surface area contributed by atoms with Crippen molar-refractivity contribution in [2.45, 2.75) is 20.3 Å². The Kier molecular flexibility index (Phi) is 3.97. The van der Waals surface area contributed by atoms with Crippen LogP contribution in [0.25, 0.3) is 5.69 Å². The number of carbonyl (C=O) groups is 1. The van der Waals surface area contributed by atoms with Gasteiger partial charge in [0.1, 0.15) is 0 Å². The summed E-state index contributed by atoms with van der Waals surface area (Å²) >= 11 is 0. The summed E-state index contributed by atoms with van der Waals surface area (Å²) in [5.41, 5.74) is 8.82. The maximum Gasteiger partial charge on any atom is 0.225 e. The first-order valence-electron chi connectivity index (χ1n) is 6.25. The Morgan fingerprint density at radius 1 is 1.32 bits per heavy atom. The molecule has 0 radical (unpaired) electrons. The Hall–Kier alpha value is -2.14. The normalized spacial score (nSPS) is 10.5. The van der Waals surface area contributed by atoms with Gasteiger partial charge in [-0.25, -0.2) is 4.68 Å². The SMILES string of the molecule is Cc1nn(-c2ccccc2)c(C)c1NC(=O)CCN. The van der Waals surface area contributed by atoms with Gasteiger partial charge in [-0.2, -0.15) is 5.10 Å². The summed E-state index contributed by atoms with van der Waals surface area (Å²) in [6, 6.07) is 9.83. The molecule has 0 unspecified atom stereocenters. The lowest BCUT2D eigenvalue weighted by molar-refractivity contribution is -0.116. The Morgan fingerprint density at radius 3 is 2.63 bits per heavy atom. The lowest BCUT2D eigenvalue weighted by atomic mass is 10.2. The predicted molar refractivity (Wildman–Crippen MR) is 75.3 cm³/mol. The van der Waals surface area contributed by atoms with Gasteiger partial charge in [-0.1, -0.05) is 18.2 Å². The molecular formula is C14H18N4O. The van der Waals surface area contributed by atoms with Crippen LogP contribution in [0, 0.1) is 13.8 Å². The van der Waals surface area contributed by atoms with Gasteiger partial charge in [-0.3, -0.25) is 4.79 Å². The second kappa shape index (κ2) is 5.67. The molecule has 0 aliphatic heterocycles. The first-order chi connectivity index (χ1) is 9.13. The molecule has 5 heteroatoms. The first-order valence-corrected chi connectivity index (χ1v) is 6.25. The highest BCUT2D eigenvalue weighted by molar-refractivity contribution is 5.92. The number of carbonyl (C=O) groups excluding carboxylic acids is 1. The molecule has 0 bridgehead atoms. The third-order valence-corrected chi connectivity index (χ3v) is 2.93. The zero-order valence-electron chi connectivity index (χ0n) is 11.2. The highest BCUT2D eigenvalue weighted by Crippen LogP contribution is 2.22. The summed E-state index contributed by atoms with van der Waals surface area (Å²) in [6.07, 6.45) is 0.315. The van der Waals surface area contributed by atoms with E-state index in [1.165, 1.54) is 0 Å². The molecule has 1 amide bonds. The number of aromatic nitrogens is 2.